The summed E-state index contributed by atoms with van der Waals surface area (Å²) in [7, 11) is -3.77. The van der Waals surface area contributed by atoms with Crippen molar-refractivity contribution in [2.75, 3.05) is 0 Å². The molecule has 0 bridgehead atoms. The fourth-order valence-electron chi connectivity index (χ4n) is 5.81. The normalized spacial score (nSPS) is 20.7. The third-order valence-corrected chi connectivity index (χ3v) is 10.0. The van der Waals surface area contributed by atoms with E-state index in [1.54, 1.807) is 46.2 Å². The van der Waals surface area contributed by atoms with E-state index >= 15 is 0 Å². The molecule has 0 unspecified atom stereocenters. The van der Waals surface area contributed by atoms with Gasteiger partial charge in [-0.15, -0.1) is 0 Å². The largest absolute Gasteiger partial charge is 0.291 e. The molecule has 0 radical (unpaired) electrons. The molecular formula is C29H28FN5O3S. The molecule has 0 aliphatic heterocycles. The minimum absolute atomic E-state index is 0.0402. The van der Waals surface area contributed by atoms with E-state index in [1.807, 2.05) is 26.0 Å². The fourth-order valence-corrected chi connectivity index (χ4v) is 7.55. The Morgan fingerprint density at radius 3 is 2.62 bits per heavy atom. The van der Waals surface area contributed by atoms with E-state index in [0.29, 0.717) is 37.2 Å². The van der Waals surface area contributed by atoms with Crippen molar-refractivity contribution < 1.29 is 17.6 Å². The predicted molar refractivity (Wildman–Crippen MR) is 144 cm³/mol. The van der Waals surface area contributed by atoms with Crippen LogP contribution in [0.4, 0.5) is 4.39 Å². The first kappa shape index (κ1) is 25.4. The Bertz CT molecular complexity index is 1700. The van der Waals surface area contributed by atoms with Crippen LogP contribution >= 0.6 is 0 Å². The van der Waals surface area contributed by atoms with Gasteiger partial charge in [-0.25, -0.2) is 17.5 Å². The van der Waals surface area contributed by atoms with Crippen molar-refractivity contribution in [1.29, 1.82) is 0 Å². The van der Waals surface area contributed by atoms with E-state index in [0.717, 1.165) is 22.4 Å². The molecular weight excluding hydrogens is 517 g/mol. The zero-order valence-corrected chi connectivity index (χ0v) is 22.5. The minimum Gasteiger partial charge on any atom is -0.291 e. The number of carbonyl (C=O) groups excluding carboxylic acids is 1. The number of aromatic nitrogens is 5. The SMILES string of the molecule is CCn1ccc(S(=O)(=O)[C@H]2CCC3=Cc4c(cnn4-c4ccc(F)cc4)C[C@]3(C(=O)c3ccc(C)cn3)C2)n1. The van der Waals surface area contributed by atoms with Gasteiger partial charge >= 0.3 is 0 Å². The van der Waals surface area contributed by atoms with Gasteiger partial charge in [0.05, 0.1) is 28.2 Å². The topological polar surface area (TPSA) is 99.7 Å². The van der Waals surface area contributed by atoms with Crippen LogP contribution < -0.4 is 0 Å². The number of aryl methyl sites for hydroxylation is 2. The number of sulfone groups is 1. The van der Waals surface area contributed by atoms with Crippen LogP contribution in [0.3, 0.4) is 0 Å². The molecule has 0 amide bonds. The van der Waals surface area contributed by atoms with Crippen LogP contribution in [0, 0.1) is 18.2 Å². The molecule has 2 atom stereocenters. The fraction of sp³-hybridized carbons (Fsp3) is 0.310. The van der Waals surface area contributed by atoms with E-state index in [-0.39, 0.29) is 23.0 Å². The molecule has 10 heteroatoms. The van der Waals surface area contributed by atoms with Gasteiger partial charge in [0, 0.05) is 18.9 Å². The summed E-state index contributed by atoms with van der Waals surface area (Å²) < 4.78 is 44.3. The van der Waals surface area contributed by atoms with Crippen molar-refractivity contribution >= 4 is 21.7 Å². The predicted octanol–water partition coefficient (Wildman–Crippen LogP) is 4.77. The Labute approximate surface area is 226 Å². The van der Waals surface area contributed by atoms with Crippen LogP contribution in [-0.2, 0) is 22.8 Å². The van der Waals surface area contributed by atoms with Gasteiger partial charge in [0.15, 0.2) is 20.6 Å². The quantitative estimate of drug-likeness (QED) is 0.324. The number of halogens is 1. The number of rotatable bonds is 6. The van der Waals surface area contributed by atoms with Gasteiger partial charge in [0.2, 0.25) is 0 Å². The summed E-state index contributed by atoms with van der Waals surface area (Å²) in [6.45, 7) is 4.37. The molecule has 0 spiro atoms. The minimum atomic E-state index is -3.77. The second kappa shape index (κ2) is 9.37. The van der Waals surface area contributed by atoms with Gasteiger partial charge in [-0.2, -0.15) is 10.2 Å². The zero-order chi connectivity index (χ0) is 27.4. The summed E-state index contributed by atoms with van der Waals surface area (Å²) in [4.78, 5) is 18.7. The summed E-state index contributed by atoms with van der Waals surface area (Å²) in [6.07, 6.45) is 8.25. The van der Waals surface area contributed by atoms with E-state index in [1.165, 1.54) is 18.2 Å². The van der Waals surface area contributed by atoms with Crippen LogP contribution in [0.5, 0.6) is 0 Å². The zero-order valence-electron chi connectivity index (χ0n) is 21.7. The van der Waals surface area contributed by atoms with Crippen molar-refractivity contribution in [2.24, 2.45) is 5.41 Å². The highest BCUT2D eigenvalue weighted by Crippen LogP contribution is 2.51. The number of benzene rings is 1. The second-order valence-electron chi connectivity index (χ2n) is 10.3. The van der Waals surface area contributed by atoms with Gasteiger partial charge in [0.1, 0.15) is 11.5 Å². The molecule has 1 aromatic carbocycles. The highest BCUT2D eigenvalue weighted by atomic mass is 32.2. The number of ketones is 1. The van der Waals surface area contributed by atoms with Crippen LogP contribution in [0.1, 0.15) is 53.5 Å². The van der Waals surface area contributed by atoms with Gasteiger partial charge in [-0.05, 0) is 93.1 Å². The molecule has 1 saturated carbocycles. The summed E-state index contributed by atoms with van der Waals surface area (Å²) in [5, 5.41) is 8.09. The number of allylic oxidation sites excluding steroid dienone is 1. The van der Waals surface area contributed by atoms with E-state index in [9.17, 15) is 17.6 Å². The van der Waals surface area contributed by atoms with Crippen molar-refractivity contribution in [3.05, 3.63) is 95.0 Å². The lowest BCUT2D eigenvalue weighted by Crippen LogP contribution is -2.46. The maximum absolute atomic E-state index is 14.3. The number of fused-ring (bicyclic) bond motifs is 2. The lowest BCUT2D eigenvalue weighted by molar-refractivity contribution is 0.0796. The smallest absolute Gasteiger partial charge is 0.200 e. The number of carbonyl (C=O) groups is 1. The Morgan fingerprint density at radius 2 is 1.92 bits per heavy atom. The molecule has 39 heavy (non-hydrogen) atoms. The van der Waals surface area contributed by atoms with Crippen LogP contribution in [0.25, 0.3) is 11.8 Å². The first-order valence-electron chi connectivity index (χ1n) is 13.0. The summed E-state index contributed by atoms with van der Waals surface area (Å²) in [6, 6.07) is 11.2. The Kier molecular flexibility index (Phi) is 6.10. The van der Waals surface area contributed by atoms with Gasteiger partial charge in [0.25, 0.3) is 0 Å². The average Bonchev–Trinajstić information content (AvgIpc) is 3.59. The number of hydrogen-bond donors (Lipinski definition) is 0. The third kappa shape index (κ3) is 4.23. The van der Waals surface area contributed by atoms with Gasteiger partial charge < -0.3 is 0 Å². The number of pyridine rings is 1. The number of Topliss-reactive ketones (excluding diaryl/α,β-unsaturated/α-hetero) is 1. The lowest BCUT2D eigenvalue weighted by Gasteiger charge is -2.43. The number of nitrogens with zero attached hydrogens (tertiary/aromatic N) is 5. The molecule has 1 fully saturated rings. The monoisotopic (exact) mass is 545 g/mol. The first-order valence-corrected chi connectivity index (χ1v) is 14.5. The molecule has 200 valence electrons. The van der Waals surface area contributed by atoms with E-state index in [4.69, 9.17) is 0 Å². The Morgan fingerprint density at radius 1 is 1.13 bits per heavy atom. The van der Waals surface area contributed by atoms with Crippen molar-refractivity contribution in [3.8, 4) is 5.69 Å². The molecule has 2 aliphatic rings. The Balaban J connectivity index is 1.44. The molecule has 3 aromatic heterocycles. The first-order chi connectivity index (χ1) is 18.7. The molecule has 8 nitrogen and oxygen atoms in total. The molecule has 0 saturated heterocycles. The van der Waals surface area contributed by atoms with Crippen LogP contribution in [-0.4, -0.2) is 44.0 Å². The van der Waals surface area contributed by atoms with Crippen LogP contribution in [0.15, 0.2) is 71.7 Å². The lowest BCUT2D eigenvalue weighted by atomic mass is 9.61. The van der Waals surface area contributed by atoms with E-state index < -0.39 is 20.5 Å². The molecule has 6 rings (SSSR count). The third-order valence-electron chi connectivity index (χ3n) is 7.94. The Hall–Kier alpha value is -3.92. The van der Waals surface area contributed by atoms with Gasteiger partial charge in [-0.3, -0.25) is 14.5 Å². The van der Waals surface area contributed by atoms with E-state index in [2.05, 4.69) is 15.2 Å². The molecule has 4 aromatic rings. The second-order valence-corrected chi connectivity index (χ2v) is 12.5. The van der Waals surface area contributed by atoms with Crippen molar-refractivity contribution in [3.63, 3.8) is 0 Å². The number of hydrogen-bond acceptors (Lipinski definition) is 6. The van der Waals surface area contributed by atoms with Crippen molar-refractivity contribution in [1.82, 2.24) is 24.5 Å². The maximum atomic E-state index is 14.3. The highest BCUT2D eigenvalue weighted by molar-refractivity contribution is 7.92. The molecule has 2 aliphatic carbocycles. The molecule has 0 N–H and O–H groups in total. The van der Waals surface area contributed by atoms with Crippen molar-refractivity contribution in [2.45, 2.75) is 56.4 Å². The maximum Gasteiger partial charge on any atom is 0.200 e. The average molecular weight is 546 g/mol. The standard InChI is InChI=1S/C29H28FN5O3S/c1-3-34-13-12-27(33-34)39(37,38)24-10-5-21-14-26-20(18-32-35(26)23-8-6-22(30)7-9-23)15-29(21,16-24)28(36)25-11-4-19(2)17-31-25/h4,6-9,11-14,17-18,24H,3,5,10,15-16H2,1-2H3/t24-,29-/m0/s1. The summed E-state index contributed by atoms with van der Waals surface area (Å²) >= 11 is 0. The van der Waals surface area contributed by atoms with Crippen LogP contribution in [0.2, 0.25) is 0 Å². The summed E-state index contributed by atoms with van der Waals surface area (Å²) in [5.41, 5.74) is 3.40. The summed E-state index contributed by atoms with van der Waals surface area (Å²) in [5.74, 6) is -0.524. The van der Waals surface area contributed by atoms with Gasteiger partial charge in [-0.1, -0.05) is 11.6 Å². The highest BCUT2D eigenvalue weighted by Gasteiger charge is 2.52. The molecule has 3 heterocycles.